The predicted molar refractivity (Wildman–Crippen MR) is 121 cm³/mol. The number of hydrogen-bond donors (Lipinski definition) is 1. The van der Waals surface area contributed by atoms with Gasteiger partial charge in [0.1, 0.15) is 12.4 Å². The van der Waals surface area contributed by atoms with Crippen molar-refractivity contribution in [2.24, 2.45) is 0 Å². The third-order valence-corrected chi connectivity index (χ3v) is 5.93. The molecule has 1 N–H and O–H groups in total. The van der Waals surface area contributed by atoms with Crippen LogP contribution in [0.2, 0.25) is 0 Å². The van der Waals surface area contributed by atoms with Gasteiger partial charge in [-0.1, -0.05) is 66.7 Å². The number of alkyl carbamates (subject to hydrolysis) is 1. The molecule has 3 aromatic carbocycles. The molecule has 0 saturated heterocycles. The van der Waals surface area contributed by atoms with Crippen LogP contribution >= 0.6 is 22.6 Å². The number of hydrogen-bond acceptors (Lipinski definition) is 2. The van der Waals surface area contributed by atoms with E-state index in [0.29, 0.717) is 5.56 Å². The molecule has 4 rings (SSSR count). The number of carbonyl (C=O) groups is 1. The van der Waals surface area contributed by atoms with E-state index >= 15 is 0 Å². The van der Waals surface area contributed by atoms with Crippen molar-refractivity contribution < 1.29 is 13.9 Å². The molecule has 0 saturated carbocycles. The number of carbonyl (C=O) groups excluding carboxylic acids is 1. The highest BCUT2D eigenvalue weighted by molar-refractivity contribution is 14.1. The van der Waals surface area contributed by atoms with Gasteiger partial charge in [0, 0.05) is 21.6 Å². The van der Waals surface area contributed by atoms with E-state index in [2.05, 4.69) is 52.2 Å². The average molecular weight is 499 g/mol. The zero-order valence-corrected chi connectivity index (χ0v) is 17.7. The molecule has 0 spiro atoms. The number of ether oxygens (including phenoxy) is 1. The van der Waals surface area contributed by atoms with Crippen LogP contribution in [0, 0.1) is 9.39 Å². The summed E-state index contributed by atoms with van der Waals surface area (Å²) < 4.78 is 20.1. The topological polar surface area (TPSA) is 38.3 Å². The second kappa shape index (κ2) is 8.78. The van der Waals surface area contributed by atoms with E-state index in [1.165, 1.54) is 28.3 Å². The molecule has 1 aliphatic rings. The van der Waals surface area contributed by atoms with Gasteiger partial charge in [-0.15, -0.1) is 0 Å². The lowest BCUT2D eigenvalue weighted by Gasteiger charge is -2.14. The Morgan fingerprint density at radius 3 is 2.31 bits per heavy atom. The van der Waals surface area contributed by atoms with Crippen LogP contribution in [0.25, 0.3) is 17.2 Å². The first-order valence-corrected chi connectivity index (χ1v) is 10.4. The molecule has 146 valence electrons. The summed E-state index contributed by atoms with van der Waals surface area (Å²) in [7, 11) is 0. The van der Waals surface area contributed by atoms with Crippen LogP contribution in [0.15, 0.2) is 72.8 Å². The lowest BCUT2D eigenvalue weighted by atomic mass is 9.98. The monoisotopic (exact) mass is 499 g/mol. The van der Waals surface area contributed by atoms with Crippen LogP contribution < -0.4 is 5.32 Å². The molecular formula is C24H19FINO2. The van der Waals surface area contributed by atoms with E-state index in [4.69, 9.17) is 4.74 Å². The van der Waals surface area contributed by atoms with Crippen molar-refractivity contribution in [1.82, 2.24) is 5.32 Å². The van der Waals surface area contributed by atoms with Crippen LogP contribution in [0.1, 0.15) is 22.6 Å². The first-order valence-electron chi connectivity index (χ1n) is 9.34. The number of halogens is 2. The van der Waals surface area contributed by atoms with Gasteiger partial charge < -0.3 is 10.1 Å². The summed E-state index contributed by atoms with van der Waals surface area (Å²) in [5.41, 5.74) is 5.26. The van der Waals surface area contributed by atoms with E-state index in [9.17, 15) is 9.18 Å². The Kier molecular flexibility index (Phi) is 5.94. The fourth-order valence-electron chi connectivity index (χ4n) is 3.64. The van der Waals surface area contributed by atoms with E-state index in [1.807, 2.05) is 30.3 Å². The number of benzene rings is 3. The molecule has 0 aromatic heterocycles. The second-order valence-electron chi connectivity index (χ2n) is 6.74. The maximum Gasteiger partial charge on any atom is 0.407 e. The summed E-state index contributed by atoms with van der Waals surface area (Å²) in [4.78, 5) is 12.1. The fourth-order valence-corrected chi connectivity index (χ4v) is 4.28. The standard InChI is InChI=1S/C24H19FINO2/c25-22-12-5-13-23(26)20(22)11-6-14-27-24(28)29-15-21-18-9-3-1-7-16(18)17-8-2-4-10-19(17)21/h1-13,21H,14-15H2,(H,27,28). The molecule has 29 heavy (non-hydrogen) atoms. The lowest BCUT2D eigenvalue weighted by molar-refractivity contribution is 0.144. The second-order valence-corrected chi connectivity index (χ2v) is 7.91. The fraction of sp³-hybridized carbons (Fsp3) is 0.125. The number of rotatable bonds is 5. The van der Waals surface area contributed by atoms with E-state index in [-0.39, 0.29) is 24.9 Å². The molecule has 0 fully saturated rings. The number of amides is 1. The Bertz CT molecular complexity index is 1010. The zero-order valence-electron chi connectivity index (χ0n) is 15.6. The average Bonchev–Trinajstić information content (AvgIpc) is 3.05. The highest BCUT2D eigenvalue weighted by Gasteiger charge is 2.28. The van der Waals surface area contributed by atoms with E-state index < -0.39 is 6.09 Å². The largest absolute Gasteiger partial charge is 0.449 e. The molecule has 0 heterocycles. The quantitative estimate of drug-likeness (QED) is 0.439. The Hall–Kier alpha value is -2.67. The van der Waals surface area contributed by atoms with Gasteiger partial charge in [-0.05, 0) is 57.0 Å². The first-order chi connectivity index (χ1) is 14.1. The smallest absolute Gasteiger partial charge is 0.407 e. The van der Waals surface area contributed by atoms with Crippen molar-refractivity contribution in [3.63, 3.8) is 0 Å². The molecule has 3 nitrogen and oxygen atoms in total. The molecule has 0 unspecified atom stereocenters. The summed E-state index contributed by atoms with van der Waals surface area (Å²) in [5, 5.41) is 2.69. The SMILES string of the molecule is O=C(NCC=Cc1c(F)cccc1I)OCC1c2ccccc2-c2ccccc21. The van der Waals surface area contributed by atoms with Crippen molar-refractivity contribution in [1.29, 1.82) is 0 Å². The van der Waals surface area contributed by atoms with E-state index in [0.717, 1.165) is 3.57 Å². The molecule has 0 radical (unpaired) electrons. The molecule has 1 amide bonds. The Labute approximate surface area is 182 Å². The van der Waals surface area contributed by atoms with Crippen LogP contribution in [-0.2, 0) is 4.74 Å². The van der Waals surface area contributed by atoms with Crippen molar-refractivity contribution in [3.8, 4) is 11.1 Å². The van der Waals surface area contributed by atoms with Gasteiger partial charge in [0.15, 0.2) is 0 Å². The first kappa shape index (κ1) is 19.6. The predicted octanol–water partition coefficient (Wildman–Crippen LogP) is 5.98. The summed E-state index contributed by atoms with van der Waals surface area (Å²) in [6.07, 6.45) is 2.89. The van der Waals surface area contributed by atoms with Gasteiger partial charge in [0.05, 0.1) is 0 Å². The third kappa shape index (κ3) is 4.19. The Balaban J connectivity index is 1.35. The lowest BCUT2D eigenvalue weighted by Crippen LogP contribution is -2.26. The zero-order chi connectivity index (χ0) is 20.2. The third-order valence-electron chi connectivity index (χ3n) is 4.99. The number of nitrogens with one attached hydrogen (secondary N) is 1. The highest BCUT2D eigenvalue weighted by atomic mass is 127. The molecule has 0 bridgehead atoms. The van der Waals surface area contributed by atoms with Crippen molar-refractivity contribution in [2.45, 2.75) is 5.92 Å². The molecule has 5 heteroatoms. The van der Waals surface area contributed by atoms with Crippen molar-refractivity contribution in [3.05, 3.63) is 98.9 Å². The van der Waals surface area contributed by atoms with Gasteiger partial charge in [-0.2, -0.15) is 0 Å². The highest BCUT2D eigenvalue weighted by Crippen LogP contribution is 2.44. The maximum absolute atomic E-state index is 13.8. The maximum atomic E-state index is 13.8. The van der Waals surface area contributed by atoms with Crippen molar-refractivity contribution >= 4 is 34.8 Å². The normalized spacial score (nSPS) is 12.6. The van der Waals surface area contributed by atoms with Gasteiger partial charge >= 0.3 is 6.09 Å². The van der Waals surface area contributed by atoms with Crippen molar-refractivity contribution in [2.75, 3.05) is 13.2 Å². The molecule has 3 aromatic rings. The van der Waals surface area contributed by atoms with Crippen LogP contribution in [0.3, 0.4) is 0 Å². The van der Waals surface area contributed by atoms with Gasteiger partial charge in [0.25, 0.3) is 0 Å². The minimum absolute atomic E-state index is 0.0312. The number of fused-ring (bicyclic) bond motifs is 3. The van der Waals surface area contributed by atoms with E-state index in [1.54, 1.807) is 18.2 Å². The minimum atomic E-state index is -0.486. The van der Waals surface area contributed by atoms with Crippen LogP contribution in [0.5, 0.6) is 0 Å². The summed E-state index contributed by atoms with van der Waals surface area (Å²) in [6, 6.07) is 21.3. The Morgan fingerprint density at radius 1 is 1.00 bits per heavy atom. The molecule has 0 aliphatic heterocycles. The molecular weight excluding hydrogens is 480 g/mol. The van der Waals surface area contributed by atoms with Gasteiger partial charge in [-0.25, -0.2) is 9.18 Å². The summed E-state index contributed by atoms with van der Waals surface area (Å²) in [6.45, 7) is 0.538. The van der Waals surface area contributed by atoms with Gasteiger partial charge in [-0.3, -0.25) is 0 Å². The Morgan fingerprint density at radius 2 is 1.66 bits per heavy atom. The van der Waals surface area contributed by atoms with Gasteiger partial charge in [0.2, 0.25) is 0 Å². The molecule has 1 aliphatic carbocycles. The van der Waals surface area contributed by atoms with Crippen LogP contribution in [-0.4, -0.2) is 19.2 Å². The summed E-state index contributed by atoms with van der Waals surface area (Å²) >= 11 is 2.08. The van der Waals surface area contributed by atoms with Crippen LogP contribution in [0.4, 0.5) is 9.18 Å². The minimum Gasteiger partial charge on any atom is -0.449 e. The molecule has 0 atom stereocenters. The summed E-state index contributed by atoms with van der Waals surface area (Å²) in [5.74, 6) is -0.252.